The van der Waals surface area contributed by atoms with E-state index in [0.29, 0.717) is 18.8 Å². The van der Waals surface area contributed by atoms with Crippen LogP contribution < -0.4 is 0 Å². The number of piperidine rings is 1. The number of aryl methyl sites for hydroxylation is 1. The smallest absolute Gasteiger partial charge is 0.274 e. The van der Waals surface area contributed by atoms with Crippen LogP contribution in [0.25, 0.3) is 10.9 Å². The second-order valence-electron chi connectivity index (χ2n) is 8.65. The zero-order chi connectivity index (χ0) is 19.4. The van der Waals surface area contributed by atoms with Crippen LogP contribution in [-0.2, 0) is 29.6 Å². The van der Waals surface area contributed by atoms with E-state index in [1.807, 2.05) is 4.90 Å². The number of likely N-dealkylation sites (tertiary alicyclic amines) is 1. The van der Waals surface area contributed by atoms with E-state index in [1.54, 1.807) is 0 Å². The van der Waals surface area contributed by atoms with Crippen molar-refractivity contribution in [1.29, 1.82) is 0 Å². The molecule has 6 rings (SSSR count). The number of para-hydroxylation sites is 1. The first-order valence-corrected chi connectivity index (χ1v) is 10.8. The number of rotatable bonds is 1. The molecule has 2 N–H and O–H groups in total. The fourth-order valence-corrected chi connectivity index (χ4v) is 5.54. The Kier molecular flexibility index (Phi) is 3.85. The number of nitrogens with one attached hydrogen (secondary N) is 2. The van der Waals surface area contributed by atoms with Crippen LogP contribution in [0.1, 0.15) is 58.7 Å². The molecule has 1 aromatic carbocycles. The fourth-order valence-electron chi connectivity index (χ4n) is 5.54. The summed E-state index contributed by atoms with van der Waals surface area (Å²) in [5.74, 6) is 0.0759. The molecule has 2 aliphatic heterocycles. The topological polar surface area (TPSA) is 74.0 Å². The summed E-state index contributed by atoms with van der Waals surface area (Å²) in [6.07, 6.45) is 6.90. The van der Waals surface area contributed by atoms with Crippen molar-refractivity contribution in [2.45, 2.75) is 50.5 Å². The third-order valence-electron chi connectivity index (χ3n) is 7.12. The van der Waals surface area contributed by atoms with Crippen LogP contribution in [0, 0.1) is 0 Å². The Hall–Kier alpha value is -2.60. The quantitative estimate of drug-likeness (QED) is 0.668. The number of hydrogen-bond donors (Lipinski definition) is 2. The van der Waals surface area contributed by atoms with E-state index < -0.39 is 0 Å². The van der Waals surface area contributed by atoms with E-state index in [1.165, 1.54) is 28.6 Å². The highest BCUT2D eigenvalue weighted by Crippen LogP contribution is 2.43. The Morgan fingerprint density at radius 3 is 2.79 bits per heavy atom. The molecule has 1 fully saturated rings. The van der Waals surface area contributed by atoms with Crippen LogP contribution in [0.3, 0.4) is 0 Å². The highest BCUT2D eigenvalue weighted by Gasteiger charge is 2.44. The van der Waals surface area contributed by atoms with Crippen molar-refractivity contribution in [3.63, 3.8) is 0 Å². The van der Waals surface area contributed by atoms with Gasteiger partial charge in [-0.2, -0.15) is 5.10 Å². The van der Waals surface area contributed by atoms with Gasteiger partial charge in [0.25, 0.3) is 5.91 Å². The van der Waals surface area contributed by atoms with Gasteiger partial charge in [-0.05, 0) is 56.6 Å². The van der Waals surface area contributed by atoms with Crippen LogP contribution in [0.5, 0.6) is 0 Å². The SMILES string of the molecule is O=C(c1n[nH]c2c1CCCC2)N1CCC2(CC1)OCCc1c2[nH]c2ccccc12. The number of hydrogen-bond acceptors (Lipinski definition) is 3. The molecular weight excluding hydrogens is 364 g/mol. The summed E-state index contributed by atoms with van der Waals surface area (Å²) in [6.45, 7) is 2.15. The summed E-state index contributed by atoms with van der Waals surface area (Å²) in [7, 11) is 0. The van der Waals surface area contributed by atoms with Gasteiger partial charge in [0.05, 0.1) is 12.3 Å². The molecule has 1 spiro atoms. The summed E-state index contributed by atoms with van der Waals surface area (Å²) in [4.78, 5) is 18.8. The zero-order valence-electron chi connectivity index (χ0n) is 16.6. The molecule has 2 aromatic heterocycles. The predicted molar refractivity (Wildman–Crippen MR) is 110 cm³/mol. The molecular formula is C23H26N4O2. The molecule has 0 saturated carbocycles. The number of nitrogens with zero attached hydrogens (tertiary/aromatic N) is 2. The van der Waals surface area contributed by atoms with Crippen molar-refractivity contribution >= 4 is 16.8 Å². The summed E-state index contributed by atoms with van der Waals surface area (Å²) in [5.41, 5.74) is 6.46. The van der Waals surface area contributed by atoms with Gasteiger partial charge in [0.1, 0.15) is 5.60 Å². The lowest BCUT2D eigenvalue weighted by molar-refractivity contribution is -0.0958. The van der Waals surface area contributed by atoms with Crippen molar-refractivity contribution in [1.82, 2.24) is 20.1 Å². The maximum absolute atomic E-state index is 13.2. The average Bonchev–Trinajstić information content (AvgIpc) is 3.37. The minimum absolute atomic E-state index is 0.0759. The molecule has 29 heavy (non-hydrogen) atoms. The first kappa shape index (κ1) is 17.3. The van der Waals surface area contributed by atoms with Gasteiger partial charge in [0.2, 0.25) is 0 Å². The molecule has 6 heteroatoms. The number of carbonyl (C=O) groups is 1. The van der Waals surface area contributed by atoms with Gasteiger partial charge in [-0.15, -0.1) is 0 Å². The summed E-state index contributed by atoms with van der Waals surface area (Å²) >= 11 is 0. The van der Waals surface area contributed by atoms with E-state index in [0.717, 1.165) is 56.4 Å². The number of amides is 1. The molecule has 3 aromatic rings. The molecule has 0 radical (unpaired) electrons. The predicted octanol–water partition coefficient (Wildman–Crippen LogP) is 3.47. The molecule has 4 heterocycles. The van der Waals surface area contributed by atoms with E-state index in [9.17, 15) is 4.79 Å². The maximum atomic E-state index is 13.2. The van der Waals surface area contributed by atoms with Gasteiger partial charge in [-0.1, -0.05) is 18.2 Å². The van der Waals surface area contributed by atoms with Crippen molar-refractivity contribution in [2.75, 3.05) is 19.7 Å². The number of benzene rings is 1. The largest absolute Gasteiger partial charge is 0.368 e. The van der Waals surface area contributed by atoms with Crippen molar-refractivity contribution in [3.8, 4) is 0 Å². The lowest BCUT2D eigenvalue weighted by Gasteiger charge is -2.43. The van der Waals surface area contributed by atoms with Gasteiger partial charge in [-0.25, -0.2) is 0 Å². The van der Waals surface area contributed by atoms with Gasteiger partial charge in [0.15, 0.2) is 5.69 Å². The lowest BCUT2D eigenvalue weighted by Crippen LogP contribution is -2.48. The van der Waals surface area contributed by atoms with Crippen molar-refractivity contribution in [2.24, 2.45) is 0 Å². The number of ether oxygens (including phenoxy) is 1. The fraction of sp³-hybridized carbons (Fsp3) is 0.478. The van der Waals surface area contributed by atoms with Crippen LogP contribution >= 0.6 is 0 Å². The van der Waals surface area contributed by atoms with Gasteiger partial charge in [0, 0.05) is 35.2 Å². The van der Waals surface area contributed by atoms with Crippen LogP contribution in [0.2, 0.25) is 0 Å². The molecule has 0 atom stereocenters. The molecule has 0 bridgehead atoms. The van der Waals surface area contributed by atoms with E-state index in [2.05, 4.69) is 39.4 Å². The number of fused-ring (bicyclic) bond motifs is 5. The highest BCUT2D eigenvalue weighted by atomic mass is 16.5. The third kappa shape index (κ3) is 2.58. The molecule has 6 nitrogen and oxygen atoms in total. The molecule has 1 amide bonds. The van der Waals surface area contributed by atoms with Gasteiger partial charge >= 0.3 is 0 Å². The average molecular weight is 390 g/mol. The van der Waals surface area contributed by atoms with Crippen LogP contribution in [0.15, 0.2) is 24.3 Å². The number of carbonyl (C=O) groups excluding carboxylic acids is 1. The molecule has 150 valence electrons. The van der Waals surface area contributed by atoms with Crippen LogP contribution in [-0.4, -0.2) is 45.7 Å². The van der Waals surface area contributed by atoms with Crippen molar-refractivity contribution in [3.05, 3.63) is 52.5 Å². The molecule has 0 unspecified atom stereocenters. The van der Waals surface area contributed by atoms with Gasteiger partial charge < -0.3 is 14.6 Å². The number of H-pyrrole nitrogens is 2. The summed E-state index contributed by atoms with van der Waals surface area (Å²) < 4.78 is 6.38. The maximum Gasteiger partial charge on any atom is 0.274 e. The Morgan fingerprint density at radius 2 is 1.90 bits per heavy atom. The van der Waals surface area contributed by atoms with E-state index in [-0.39, 0.29) is 11.5 Å². The highest BCUT2D eigenvalue weighted by molar-refractivity contribution is 5.94. The Morgan fingerprint density at radius 1 is 1.07 bits per heavy atom. The number of aromatic amines is 2. The Bertz CT molecular complexity index is 1090. The second kappa shape index (κ2) is 6.46. The molecule has 1 aliphatic carbocycles. The summed E-state index contributed by atoms with van der Waals surface area (Å²) in [5, 5.41) is 8.80. The first-order valence-electron chi connectivity index (χ1n) is 10.8. The second-order valence-corrected chi connectivity index (χ2v) is 8.65. The van der Waals surface area contributed by atoms with Gasteiger partial charge in [-0.3, -0.25) is 9.89 Å². The van der Waals surface area contributed by atoms with E-state index >= 15 is 0 Å². The first-order chi connectivity index (χ1) is 14.3. The minimum atomic E-state index is -0.297. The minimum Gasteiger partial charge on any atom is -0.368 e. The van der Waals surface area contributed by atoms with Crippen LogP contribution in [0.4, 0.5) is 0 Å². The molecule has 1 saturated heterocycles. The zero-order valence-corrected chi connectivity index (χ0v) is 16.6. The Balaban J connectivity index is 1.26. The monoisotopic (exact) mass is 390 g/mol. The lowest BCUT2D eigenvalue weighted by atomic mass is 9.83. The third-order valence-corrected chi connectivity index (χ3v) is 7.12. The summed E-state index contributed by atoms with van der Waals surface area (Å²) in [6, 6.07) is 8.51. The van der Waals surface area contributed by atoms with E-state index in [4.69, 9.17) is 4.74 Å². The van der Waals surface area contributed by atoms with Crippen molar-refractivity contribution < 1.29 is 9.53 Å². The standard InChI is InChI=1S/C23H26N4O2/c28-22(20-17-6-2-4-8-19(17)25-26-20)27-12-10-23(11-13-27)21-16(9-14-29-23)15-5-1-3-7-18(15)24-21/h1,3,5,7,24H,2,4,6,8-14H2,(H,25,26). The molecule has 3 aliphatic rings. The Labute approximate surface area is 169 Å². The normalized spacial score (nSPS) is 20.6. The number of aromatic nitrogens is 3.